The number of ether oxygens (including phenoxy) is 2. The minimum absolute atomic E-state index is 0.0956. The SMILES string of the molecule is O=C(O)c1cn(C2CC2)c2cc(N(CCOCCOCNS(=O)(=O)c3ccc([N+](=O)[O-])cc3)S(=O)(=O)c3ccc([N+](=O)[O-])cc3)c(F)cc2c1=O. The molecule has 0 unspecified atom stereocenters. The summed E-state index contributed by atoms with van der Waals surface area (Å²) in [4.78, 5) is 44.5. The summed E-state index contributed by atoms with van der Waals surface area (Å²) in [5.74, 6) is -2.68. The normalized spacial score (nSPS) is 13.3. The fraction of sp³-hybridized carbons (Fsp3) is 0.267. The maximum Gasteiger partial charge on any atom is 0.341 e. The van der Waals surface area contributed by atoms with Crippen LogP contribution in [0.5, 0.6) is 0 Å². The predicted octanol–water partition coefficient (Wildman–Crippen LogP) is 3.15. The Morgan fingerprint density at radius 2 is 1.49 bits per heavy atom. The minimum atomic E-state index is -4.62. The molecule has 0 spiro atoms. The lowest BCUT2D eigenvalue weighted by Crippen LogP contribution is -2.35. The lowest BCUT2D eigenvalue weighted by Gasteiger charge is -2.26. The van der Waals surface area contributed by atoms with Crippen molar-refractivity contribution in [2.45, 2.75) is 28.7 Å². The molecular weight excluding hydrogens is 721 g/mol. The van der Waals surface area contributed by atoms with Crippen LogP contribution in [-0.2, 0) is 29.5 Å². The second-order valence-corrected chi connectivity index (χ2v) is 14.7. The van der Waals surface area contributed by atoms with E-state index in [-0.39, 0.29) is 47.3 Å². The molecule has 1 saturated carbocycles. The molecule has 18 nitrogen and oxygen atoms in total. The zero-order valence-electron chi connectivity index (χ0n) is 26.2. The Hall–Kier alpha value is -5.35. The standard InChI is InChI=1S/C30H28FN5O13S2/c31-26-15-24-27(33(19-1-2-19)17-25(29(24)37)30(38)39)16-28(26)34(51(46,47)23-9-5-21(6-10-23)36(42)43)11-12-48-13-14-49-18-32-50(44,45)22-7-3-20(4-8-22)35(40)41/h3-10,15-17,19,32H,1-2,11-14,18H2,(H,38,39). The van der Waals surface area contributed by atoms with E-state index in [4.69, 9.17) is 9.47 Å². The van der Waals surface area contributed by atoms with Crippen molar-refractivity contribution in [1.29, 1.82) is 0 Å². The van der Waals surface area contributed by atoms with Gasteiger partial charge in [0, 0.05) is 41.9 Å². The zero-order valence-corrected chi connectivity index (χ0v) is 27.8. The molecule has 1 aliphatic carbocycles. The van der Waals surface area contributed by atoms with Gasteiger partial charge in [0.2, 0.25) is 15.5 Å². The predicted molar refractivity (Wildman–Crippen MR) is 176 cm³/mol. The number of aromatic carboxylic acids is 1. The minimum Gasteiger partial charge on any atom is -0.477 e. The van der Waals surface area contributed by atoms with E-state index in [9.17, 15) is 51.8 Å². The van der Waals surface area contributed by atoms with Crippen LogP contribution in [0.25, 0.3) is 10.9 Å². The number of nitrogens with zero attached hydrogens (tertiary/aromatic N) is 4. The van der Waals surface area contributed by atoms with Crippen LogP contribution in [0.15, 0.2) is 81.4 Å². The van der Waals surface area contributed by atoms with Crippen molar-refractivity contribution in [3.05, 3.63) is 109 Å². The highest BCUT2D eigenvalue weighted by Gasteiger charge is 2.31. The summed E-state index contributed by atoms with van der Waals surface area (Å²) in [5, 5.41) is 31.2. The number of nitro benzene ring substituents is 2. The van der Waals surface area contributed by atoms with Gasteiger partial charge in [0.1, 0.15) is 18.1 Å². The number of carbonyl (C=O) groups is 1. The summed E-state index contributed by atoms with van der Waals surface area (Å²) >= 11 is 0. The Balaban J connectivity index is 1.32. The first-order chi connectivity index (χ1) is 24.1. The van der Waals surface area contributed by atoms with Crippen LogP contribution < -0.4 is 14.5 Å². The molecule has 0 radical (unpaired) electrons. The number of halogens is 1. The maximum atomic E-state index is 15.8. The average molecular weight is 750 g/mol. The number of nitro groups is 2. The third-order valence-electron chi connectivity index (χ3n) is 7.70. The molecule has 21 heteroatoms. The molecule has 1 aromatic heterocycles. The Bertz CT molecular complexity index is 2280. The summed E-state index contributed by atoms with van der Waals surface area (Å²) in [6.45, 7) is -1.71. The lowest BCUT2D eigenvalue weighted by atomic mass is 10.1. The van der Waals surface area contributed by atoms with Crippen LogP contribution in [0.2, 0.25) is 0 Å². The van der Waals surface area contributed by atoms with Gasteiger partial charge >= 0.3 is 5.97 Å². The molecule has 3 aromatic carbocycles. The summed E-state index contributed by atoms with van der Waals surface area (Å²) in [6.07, 6.45) is 2.42. The monoisotopic (exact) mass is 749 g/mol. The number of pyridine rings is 1. The second kappa shape index (κ2) is 14.9. The number of fused-ring (bicyclic) bond motifs is 1. The van der Waals surface area contributed by atoms with E-state index in [1.807, 2.05) is 0 Å². The van der Waals surface area contributed by atoms with Crippen molar-refractivity contribution in [1.82, 2.24) is 9.29 Å². The average Bonchev–Trinajstić information content (AvgIpc) is 3.93. The Labute approximate surface area is 288 Å². The highest BCUT2D eigenvalue weighted by Crippen LogP contribution is 2.39. The fourth-order valence-electron chi connectivity index (χ4n) is 4.98. The molecule has 0 saturated heterocycles. The van der Waals surface area contributed by atoms with Crippen molar-refractivity contribution in [2.75, 3.05) is 37.4 Å². The number of hydrogen-bond acceptors (Lipinski definition) is 12. The molecular formula is C30H28FN5O13S2. The van der Waals surface area contributed by atoms with E-state index in [1.54, 1.807) is 0 Å². The van der Waals surface area contributed by atoms with Crippen molar-refractivity contribution in [2.24, 2.45) is 0 Å². The molecule has 1 fully saturated rings. The number of benzene rings is 3. The van der Waals surface area contributed by atoms with E-state index >= 15 is 4.39 Å². The molecule has 4 aromatic rings. The van der Waals surface area contributed by atoms with E-state index in [0.717, 1.165) is 66.9 Å². The first-order valence-electron chi connectivity index (χ1n) is 14.9. The molecule has 0 aliphatic heterocycles. The fourth-order valence-corrected chi connectivity index (χ4v) is 7.33. The number of carboxylic acids is 1. The number of anilines is 1. The van der Waals surface area contributed by atoms with Gasteiger partial charge in [0.25, 0.3) is 21.4 Å². The third kappa shape index (κ3) is 8.18. The van der Waals surface area contributed by atoms with Crippen molar-refractivity contribution in [3.63, 3.8) is 0 Å². The number of aromatic nitrogens is 1. The summed E-state index contributed by atoms with van der Waals surface area (Å²) in [7, 11) is -8.69. The number of sulfonamides is 2. The van der Waals surface area contributed by atoms with Gasteiger partial charge in [-0.3, -0.25) is 29.3 Å². The summed E-state index contributed by atoms with van der Waals surface area (Å²) in [5.41, 5.74) is -2.62. The lowest BCUT2D eigenvalue weighted by molar-refractivity contribution is -0.385. The van der Waals surface area contributed by atoms with Gasteiger partial charge in [-0.25, -0.2) is 26.0 Å². The molecule has 0 amide bonds. The van der Waals surface area contributed by atoms with Crippen molar-refractivity contribution in [3.8, 4) is 0 Å². The maximum absolute atomic E-state index is 15.8. The molecule has 0 bridgehead atoms. The van der Waals surface area contributed by atoms with Gasteiger partial charge in [-0.2, -0.15) is 4.72 Å². The van der Waals surface area contributed by atoms with Gasteiger partial charge in [-0.1, -0.05) is 0 Å². The van der Waals surface area contributed by atoms with Crippen molar-refractivity contribution < 1.29 is 50.4 Å². The Morgan fingerprint density at radius 1 is 0.922 bits per heavy atom. The smallest absolute Gasteiger partial charge is 0.341 e. The second-order valence-electron chi connectivity index (χ2n) is 11.0. The molecule has 270 valence electrons. The largest absolute Gasteiger partial charge is 0.477 e. The zero-order chi connectivity index (χ0) is 37.1. The first kappa shape index (κ1) is 36.9. The van der Waals surface area contributed by atoms with Crippen LogP contribution in [0.3, 0.4) is 0 Å². The summed E-state index contributed by atoms with van der Waals surface area (Å²) < 4.78 is 83.3. The van der Waals surface area contributed by atoms with Crippen LogP contribution in [0.4, 0.5) is 21.5 Å². The number of hydrogen-bond donors (Lipinski definition) is 2. The van der Waals surface area contributed by atoms with Crippen LogP contribution in [0.1, 0.15) is 29.2 Å². The molecule has 5 rings (SSSR count). The highest BCUT2D eigenvalue weighted by atomic mass is 32.2. The number of nitrogens with one attached hydrogen (secondary N) is 1. The van der Waals surface area contributed by atoms with Gasteiger partial charge in [-0.15, -0.1) is 0 Å². The topological polar surface area (TPSA) is 248 Å². The number of non-ortho nitro benzene ring substituents is 2. The van der Waals surface area contributed by atoms with Gasteiger partial charge < -0.3 is 19.1 Å². The quantitative estimate of drug-likeness (QED) is 0.0682. The van der Waals surface area contributed by atoms with Gasteiger partial charge in [0.05, 0.1) is 57.2 Å². The number of carboxylic acid groups (broad SMARTS) is 1. The third-order valence-corrected chi connectivity index (χ3v) is 10.9. The van der Waals surface area contributed by atoms with Crippen LogP contribution >= 0.6 is 0 Å². The van der Waals surface area contributed by atoms with E-state index < -0.39 is 82.2 Å². The van der Waals surface area contributed by atoms with E-state index in [2.05, 4.69) is 4.72 Å². The molecule has 2 N–H and O–H groups in total. The van der Waals surface area contributed by atoms with Crippen LogP contribution in [-0.4, -0.2) is 75.4 Å². The summed E-state index contributed by atoms with van der Waals surface area (Å²) in [6, 6.07) is 9.73. The Kier molecular flexibility index (Phi) is 10.8. The van der Waals surface area contributed by atoms with Crippen molar-refractivity contribution >= 4 is 54.0 Å². The van der Waals surface area contributed by atoms with Crippen LogP contribution in [0, 0.1) is 26.0 Å². The molecule has 1 heterocycles. The molecule has 51 heavy (non-hydrogen) atoms. The molecule has 1 aliphatic rings. The van der Waals surface area contributed by atoms with Gasteiger partial charge in [0.15, 0.2) is 0 Å². The van der Waals surface area contributed by atoms with E-state index in [0.29, 0.717) is 17.1 Å². The Morgan fingerprint density at radius 3 is 2.04 bits per heavy atom. The van der Waals surface area contributed by atoms with Gasteiger partial charge in [-0.05, 0) is 49.2 Å². The van der Waals surface area contributed by atoms with E-state index in [1.165, 1.54) is 4.57 Å². The first-order valence-corrected chi connectivity index (χ1v) is 17.8. The molecule has 0 atom stereocenters. The highest BCUT2D eigenvalue weighted by molar-refractivity contribution is 7.92. The number of rotatable bonds is 17.